The highest BCUT2D eigenvalue weighted by molar-refractivity contribution is 7.27. The fourth-order valence-electron chi connectivity index (χ4n) is 17.4. The Labute approximate surface area is 658 Å². The average molecular weight is 1430 g/mol. The highest BCUT2D eigenvalue weighted by Gasteiger charge is 2.46. The van der Waals surface area contributed by atoms with Gasteiger partial charge in [-0.1, -0.05) is 280 Å². The van der Waals surface area contributed by atoms with Crippen LogP contribution >= 0.6 is 11.3 Å². The molecule has 0 aliphatic carbocycles. The topological polar surface area (TPSA) is 29.5 Å². The summed E-state index contributed by atoms with van der Waals surface area (Å²) in [4.78, 5) is 4.59. The first-order valence-corrected chi connectivity index (χ1v) is 38.1. The van der Waals surface area contributed by atoms with Crippen molar-refractivity contribution in [3.8, 4) is 55.9 Å². The van der Waals surface area contributed by atoms with Gasteiger partial charge in [-0.05, 0) is 174 Å². The van der Waals surface area contributed by atoms with Gasteiger partial charge in [0, 0.05) is 92.9 Å². The van der Waals surface area contributed by atoms with Crippen molar-refractivity contribution in [3.63, 3.8) is 0 Å². The van der Waals surface area contributed by atoms with Crippen molar-refractivity contribution in [3.05, 3.63) is 332 Å². The van der Waals surface area contributed by atoms with E-state index in [1.165, 1.54) is 11.1 Å². The zero-order chi connectivity index (χ0) is 84.8. The molecule has 0 spiro atoms. The van der Waals surface area contributed by atoms with Crippen LogP contribution in [-0.2, 0) is 16.2 Å². The molecule has 5 nitrogen and oxygen atoms in total. The Hall–Kier alpha value is -12.4. The van der Waals surface area contributed by atoms with E-state index in [0.29, 0.717) is 28.3 Å². The predicted octanol–water partition coefficient (Wildman–Crippen LogP) is 26.8. The number of hydrogen-bond donors (Lipinski definition) is 0. The van der Waals surface area contributed by atoms with E-state index in [4.69, 9.17) is 5.79 Å². The van der Waals surface area contributed by atoms with Crippen LogP contribution < -0.4 is 26.2 Å². The van der Waals surface area contributed by atoms with E-state index in [9.17, 15) is 16.4 Å². The van der Waals surface area contributed by atoms with Crippen molar-refractivity contribution in [1.29, 1.82) is 0 Å². The standard InChI is InChI=1S/C102H79BN4OS/c1-100(2,3)66-47-52-86-80(55-66)81-56-67(101(4,5)6)48-53-87(81)104(86)69-49-51-83-90(59-69)106(88-43-26-40-76-75-39-25-38-74(98(75)109-99(76)88)73-37-27-45-94-95(73)77-36-21-24-44-93(77)108-94)91-60-70(105-84-41-22-19-34-71(84)72-35-20-23-42-85(72)105)61-92-96(91)103(83)82-50-46-65(62-28-13-10-14-29-62)54-89(82)107(92)97-78(63-30-15-11-16-31-63)57-68(102(7,8)9)58-79(97)64-32-17-12-18-33-64/h10-61H,1-9H3/i10D,13D,14D,19D,20D,22D,23D,28D,29D,34D,35D,41D,42D. The van der Waals surface area contributed by atoms with E-state index in [2.05, 4.69) is 222 Å². The third-order valence-corrected chi connectivity index (χ3v) is 24.0. The van der Waals surface area contributed by atoms with Crippen LogP contribution in [0.1, 0.15) is 96.8 Å². The molecule has 0 bridgehead atoms. The molecular formula is C102H79BN4OS. The molecule has 2 aliphatic rings. The zero-order valence-electron chi connectivity index (χ0n) is 74.7. The lowest BCUT2D eigenvalue weighted by molar-refractivity contribution is 0.590. The number of benzene rings is 15. The molecule has 0 amide bonds. The van der Waals surface area contributed by atoms with E-state index < -0.39 is 78.6 Å². The molecule has 0 fully saturated rings. The summed E-state index contributed by atoms with van der Waals surface area (Å²) in [5.74, 6) is 0. The highest BCUT2D eigenvalue weighted by Crippen LogP contribution is 2.56. The van der Waals surface area contributed by atoms with Gasteiger partial charge < -0.3 is 23.4 Å². The van der Waals surface area contributed by atoms with Crippen molar-refractivity contribution in [2.45, 2.75) is 78.6 Å². The number of aromatic nitrogens is 2. The molecule has 109 heavy (non-hydrogen) atoms. The fourth-order valence-corrected chi connectivity index (χ4v) is 18.7. The second-order valence-corrected chi connectivity index (χ2v) is 33.2. The quantitative estimate of drug-likeness (QED) is 0.142. The Kier molecular flexibility index (Phi) is 11.6. The normalized spacial score (nSPS) is 14.8. The lowest BCUT2D eigenvalue weighted by Crippen LogP contribution is -2.61. The molecule has 0 radical (unpaired) electrons. The van der Waals surface area contributed by atoms with Crippen LogP contribution in [0.5, 0.6) is 0 Å². The largest absolute Gasteiger partial charge is 0.456 e. The van der Waals surface area contributed by atoms with Gasteiger partial charge in [0.2, 0.25) is 0 Å². The Morgan fingerprint density at radius 3 is 1.48 bits per heavy atom. The number of fused-ring (bicyclic) bond motifs is 16. The van der Waals surface area contributed by atoms with Crippen molar-refractivity contribution >= 4 is 154 Å². The summed E-state index contributed by atoms with van der Waals surface area (Å²) in [6.07, 6.45) is 0. The maximum atomic E-state index is 10.2. The molecule has 4 aromatic heterocycles. The van der Waals surface area contributed by atoms with Crippen molar-refractivity contribution in [2.75, 3.05) is 9.80 Å². The predicted molar refractivity (Wildman–Crippen MR) is 467 cm³/mol. The first kappa shape index (κ1) is 52.6. The van der Waals surface area contributed by atoms with E-state index in [-0.39, 0.29) is 56.0 Å². The maximum absolute atomic E-state index is 10.2. The van der Waals surface area contributed by atoms with E-state index in [0.717, 1.165) is 136 Å². The van der Waals surface area contributed by atoms with Gasteiger partial charge in [0.25, 0.3) is 6.71 Å². The van der Waals surface area contributed by atoms with Gasteiger partial charge in [-0.3, -0.25) is 0 Å². The van der Waals surface area contributed by atoms with Gasteiger partial charge in [0.15, 0.2) is 0 Å². The molecule has 2 aliphatic heterocycles. The van der Waals surface area contributed by atoms with Crippen LogP contribution in [0.25, 0.3) is 142 Å². The van der Waals surface area contributed by atoms with Crippen molar-refractivity contribution < 1.29 is 22.2 Å². The van der Waals surface area contributed by atoms with E-state index in [1.54, 1.807) is 15.9 Å². The van der Waals surface area contributed by atoms with Crippen LogP contribution in [0.4, 0.5) is 34.1 Å². The summed E-state index contributed by atoms with van der Waals surface area (Å²) in [6, 6.07) is 76.1. The molecule has 0 unspecified atom stereocenters. The van der Waals surface area contributed by atoms with Gasteiger partial charge in [0.05, 0.1) is 61.6 Å². The fraction of sp³-hybridized carbons (Fsp3) is 0.118. The summed E-state index contributed by atoms with van der Waals surface area (Å²) in [5.41, 5.74) is 19.2. The van der Waals surface area contributed by atoms with Crippen LogP contribution in [-0.4, -0.2) is 15.8 Å². The van der Waals surface area contributed by atoms with Crippen LogP contribution in [0, 0.1) is 0 Å². The van der Waals surface area contributed by atoms with Gasteiger partial charge in [-0.2, -0.15) is 0 Å². The van der Waals surface area contributed by atoms with Gasteiger partial charge in [-0.25, -0.2) is 0 Å². The van der Waals surface area contributed by atoms with Gasteiger partial charge in [-0.15, -0.1) is 11.3 Å². The summed E-state index contributed by atoms with van der Waals surface area (Å²) in [7, 11) is 0. The lowest BCUT2D eigenvalue weighted by Gasteiger charge is -2.45. The van der Waals surface area contributed by atoms with Gasteiger partial charge >= 0.3 is 0 Å². The Morgan fingerprint density at radius 1 is 0.321 bits per heavy atom. The summed E-state index contributed by atoms with van der Waals surface area (Å²) in [5, 5.41) is 6.01. The molecule has 0 saturated carbocycles. The molecule has 522 valence electrons. The number of furan rings is 1. The first-order chi connectivity index (χ1) is 58.4. The summed E-state index contributed by atoms with van der Waals surface area (Å²) in [6.45, 7) is 19.3. The first-order valence-electron chi connectivity index (χ1n) is 43.8. The number of nitrogens with zero attached hydrogens (tertiary/aromatic N) is 4. The number of para-hydroxylation sites is 3. The Bertz CT molecular complexity index is 7600. The molecule has 6 heterocycles. The molecular weight excluding hydrogens is 1340 g/mol. The third kappa shape index (κ3) is 10.1. The number of hydrogen-bond acceptors (Lipinski definition) is 4. The minimum Gasteiger partial charge on any atom is -0.456 e. The van der Waals surface area contributed by atoms with E-state index in [1.807, 2.05) is 91.0 Å². The maximum Gasteiger partial charge on any atom is 0.252 e. The Morgan fingerprint density at radius 2 is 0.835 bits per heavy atom. The SMILES string of the molecule is [2H]c1c([2H])c([2H])c(-c2ccc3c(c2)N(c2c(-c4ccccc4)cc(C(C)(C)C)cc2-c2ccccc2)c2cc(-n4c5c([2H])c([2H])c([2H])c([2H])c5c5c([2H])c([2H])c([2H])c([2H])c54)cc4c2B3c2ccc(-n3c5ccc(C(C)(C)C)cc5c5cc(C(C)(C)C)ccc53)cc2N4c2cccc3c2sc2c(-c4cccc5oc6ccccc6c45)cccc23)c([2H])c1[2H]. The molecule has 7 heteroatoms. The second-order valence-electron chi connectivity index (χ2n) is 32.2. The molecule has 0 N–H and O–H groups in total. The van der Waals surface area contributed by atoms with Crippen LogP contribution in [0.3, 0.4) is 0 Å². The van der Waals surface area contributed by atoms with Crippen molar-refractivity contribution in [2.24, 2.45) is 0 Å². The van der Waals surface area contributed by atoms with E-state index >= 15 is 0 Å². The molecule has 19 aromatic rings. The summed E-state index contributed by atoms with van der Waals surface area (Å²) >= 11 is 1.69. The van der Waals surface area contributed by atoms with Crippen LogP contribution in [0.2, 0.25) is 0 Å². The summed E-state index contributed by atoms with van der Waals surface area (Å²) < 4.78 is 138. The number of rotatable bonds is 8. The van der Waals surface area contributed by atoms with Crippen LogP contribution in [0.15, 0.2) is 320 Å². The molecule has 15 aromatic carbocycles. The second kappa shape index (κ2) is 24.0. The molecule has 0 saturated heterocycles. The average Bonchev–Trinajstić information content (AvgIpc) is 1.15. The Balaban J connectivity index is 0.975. The molecule has 0 atom stereocenters. The zero-order valence-corrected chi connectivity index (χ0v) is 62.5. The minimum atomic E-state index is -0.725. The smallest absolute Gasteiger partial charge is 0.252 e. The number of thiophene rings is 1. The lowest BCUT2D eigenvalue weighted by atomic mass is 9.33. The minimum absolute atomic E-state index is 0.00755. The van der Waals surface area contributed by atoms with Gasteiger partial charge in [0.1, 0.15) is 11.2 Å². The highest BCUT2D eigenvalue weighted by atomic mass is 32.1. The monoisotopic (exact) mass is 1430 g/mol. The van der Waals surface area contributed by atoms with Crippen molar-refractivity contribution in [1.82, 2.24) is 9.13 Å². The number of anilines is 6. The molecule has 21 rings (SSSR count). The third-order valence-electron chi connectivity index (χ3n) is 22.7.